The molecule has 0 bridgehead atoms. The van der Waals surface area contributed by atoms with Crippen LogP contribution in [-0.2, 0) is 12.8 Å². The summed E-state index contributed by atoms with van der Waals surface area (Å²) < 4.78 is 0. The van der Waals surface area contributed by atoms with Gasteiger partial charge in [-0.15, -0.1) is 23.2 Å². The van der Waals surface area contributed by atoms with Crippen LogP contribution in [0.2, 0.25) is 0 Å². The van der Waals surface area contributed by atoms with E-state index in [2.05, 4.69) is 0 Å². The van der Waals surface area contributed by atoms with Gasteiger partial charge in [0.05, 0.1) is 0 Å². The minimum Gasteiger partial charge on any atom is -0.507 e. The first-order valence-electron chi connectivity index (χ1n) is 5.08. The molecule has 0 amide bonds. The lowest BCUT2D eigenvalue weighted by Gasteiger charge is -2.11. The van der Waals surface area contributed by atoms with Crippen molar-refractivity contribution in [2.24, 2.45) is 0 Å². The molecule has 0 spiro atoms. The predicted octanol–water partition coefficient (Wildman–Crippen LogP) is 3.73. The second-order valence-electron chi connectivity index (χ2n) is 3.89. The number of rotatable bonds is 4. The maximum Gasteiger partial charge on any atom is 0.122 e. The lowest BCUT2D eigenvalue weighted by Crippen LogP contribution is -2.02. The van der Waals surface area contributed by atoms with Gasteiger partial charge in [0.15, 0.2) is 0 Å². The molecule has 0 heterocycles. The van der Waals surface area contributed by atoms with E-state index < -0.39 is 0 Å². The Balaban J connectivity index is 2.90. The number of aromatic hydroxyl groups is 1. The van der Waals surface area contributed by atoms with Crippen molar-refractivity contribution in [2.75, 3.05) is 0 Å². The third kappa shape index (κ3) is 3.92. The molecule has 2 atom stereocenters. The van der Waals surface area contributed by atoms with Crippen molar-refractivity contribution < 1.29 is 5.11 Å². The molecule has 1 nitrogen and oxygen atoms in total. The van der Waals surface area contributed by atoms with Gasteiger partial charge in [-0.3, -0.25) is 0 Å². The molecule has 0 aliphatic carbocycles. The SMILES string of the molecule is CC(Cl)Cc1cccc(CC(C)Cl)c1O. The maximum atomic E-state index is 9.97. The third-order valence-electron chi connectivity index (χ3n) is 2.21. The number of phenolic OH excluding ortho intramolecular Hbond substituents is 1. The van der Waals surface area contributed by atoms with E-state index in [4.69, 9.17) is 23.2 Å². The Morgan fingerprint density at radius 2 is 1.47 bits per heavy atom. The molecule has 1 aromatic carbocycles. The van der Waals surface area contributed by atoms with Crippen molar-refractivity contribution in [1.29, 1.82) is 0 Å². The molecule has 3 heteroatoms. The second kappa shape index (κ2) is 5.62. The molecule has 2 unspecified atom stereocenters. The fraction of sp³-hybridized carbons (Fsp3) is 0.500. The van der Waals surface area contributed by atoms with Crippen LogP contribution in [0.5, 0.6) is 5.75 Å². The number of benzene rings is 1. The smallest absolute Gasteiger partial charge is 0.122 e. The highest BCUT2D eigenvalue weighted by Crippen LogP contribution is 2.26. The summed E-state index contributed by atoms with van der Waals surface area (Å²) in [6.45, 7) is 3.83. The lowest BCUT2D eigenvalue weighted by molar-refractivity contribution is 0.460. The van der Waals surface area contributed by atoms with E-state index >= 15 is 0 Å². The summed E-state index contributed by atoms with van der Waals surface area (Å²) in [6, 6.07) is 5.73. The van der Waals surface area contributed by atoms with Crippen molar-refractivity contribution >= 4 is 23.2 Å². The molecule has 0 radical (unpaired) electrons. The topological polar surface area (TPSA) is 20.2 Å². The number of phenols is 1. The third-order valence-corrected chi connectivity index (χ3v) is 2.51. The Morgan fingerprint density at radius 3 is 1.80 bits per heavy atom. The number of halogens is 2. The highest BCUT2D eigenvalue weighted by Gasteiger charge is 2.10. The van der Waals surface area contributed by atoms with Gasteiger partial charge in [-0.2, -0.15) is 0 Å². The highest BCUT2D eigenvalue weighted by molar-refractivity contribution is 6.20. The van der Waals surface area contributed by atoms with Gasteiger partial charge < -0.3 is 5.11 Å². The lowest BCUT2D eigenvalue weighted by atomic mass is 10.0. The molecule has 84 valence electrons. The molecule has 0 saturated heterocycles. The molecule has 1 rings (SSSR count). The summed E-state index contributed by atoms with van der Waals surface area (Å²) in [4.78, 5) is 0. The Kier molecular flexibility index (Phi) is 4.75. The molecule has 0 fully saturated rings. The molecule has 0 aliphatic heterocycles. The van der Waals surface area contributed by atoms with Crippen LogP contribution in [0.25, 0.3) is 0 Å². The number of hydrogen-bond acceptors (Lipinski definition) is 1. The quantitative estimate of drug-likeness (QED) is 0.803. The average Bonchev–Trinajstić information content (AvgIpc) is 2.10. The first-order valence-corrected chi connectivity index (χ1v) is 5.96. The summed E-state index contributed by atoms with van der Waals surface area (Å²) >= 11 is 11.8. The van der Waals surface area contributed by atoms with Gasteiger partial charge in [-0.05, 0) is 37.8 Å². The minimum atomic E-state index is 0.0274. The summed E-state index contributed by atoms with van der Waals surface area (Å²) in [7, 11) is 0. The molecule has 15 heavy (non-hydrogen) atoms. The van der Waals surface area contributed by atoms with Gasteiger partial charge in [-0.25, -0.2) is 0 Å². The minimum absolute atomic E-state index is 0.0274. The molecule has 0 saturated carbocycles. The zero-order valence-corrected chi connectivity index (χ0v) is 10.5. The van der Waals surface area contributed by atoms with Crippen molar-refractivity contribution in [3.05, 3.63) is 29.3 Å². The number of hydrogen-bond donors (Lipinski definition) is 1. The van der Waals surface area contributed by atoms with Crippen LogP contribution in [0.15, 0.2) is 18.2 Å². The fourth-order valence-electron chi connectivity index (χ4n) is 1.58. The van der Waals surface area contributed by atoms with E-state index in [0.717, 1.165) is 11.1 Å². The van der Waals surface area contributed by atoms with Crippen molar-refractivity contribution in [2.45, 2.75) is 37.4 Å². The van der Waals surface area contributed by atoms with Crippen LogP contribution in [0.1, 0.15) is 25.0 Å². The Hall–Kier alpha value is -0.400. The summed E-state index contributed by atoms with van der Waals surface area (Å²) in [5.74, 6) is 0.345. The fourth-order valence-corrected chi connectivity index (χ4v) is 1.91. The standard InChI is InChI=1S/C12H16Cl2O/c1-8(13)6-10-4-3-5-11(12(10)15)7-9(2)14/h3-5,8-9,15H,6-7H2,1-2H3. The average molecular weight is 247 g/mol. The first-order chi connectivity index (χ1) is 7.00. The summed E-state index contributed by atoms with van der Waals surface area (Å²) in [5.41, 5.74) is 1.79. The summed E-state index contributed by atoms with van der Waals surface area (Å²) in [6.07, 6.45) is 1.36. The van der Waals surface area contributed by atoms with Gasteiger partial charge >= 0.3 is 0 Å². The second-order valence-corrected chi connectivity index (χ2v) is 5.38. The van der Waals surface area contributed by atoms with Gasteiger partial charge in [0.1, 0.15) is 5.75 Å². The largest absolute Gasteiger partial charge is 0.507 e. The zero-order chi connectivity index (χ0) is 11.4. The van der Waals surface area contributed by atoms with E-state index in [1.165, 1.54) is 0 Å². The Bertz CT molecular complexity index is 293. The molecule has 0 aliphatic rings. The first kappa shape index (κ1) is 12.7. The van der Waals surface area contributed by atoms with Crippen LogP contribution in [0.4, 0.5) is 0 Å². The van der Waals surface area contributed by atoms with Crippen molar-refractivity contribution in [1.82, 2.24) is 0 Å². The molecular formula is C12H16Cl2O. The van der Waals surface area contributed by atoms with Crippen LogP contribution in [0, 0.1) is 0 Å². The van der Waals surface area contributed by atoms with E-state index in [-0.39, 0.29) is 10.8 Å². The van der Waals surface area contributed by atoms with E-state index in [0.29, 0.717) is 18.6 Å². The van der Waals surface area contributed by atoms with Crippen molar-refractivity contribution in [3.63, 3.8) is 0 Å². The van der Waals surface area contributed by atoms with Crippen LogP contribution >= 0.6 is 23.2 Å². The Labute approximate surface area is 101 Å². The molecular weight excluding hydrogens is 231 g/mol. The normalized spacial score (nSPS) is 14.9. The van der Waals surface area contributed by atoms with E-state index in [1.54, 1.807) is 0 Å². The van der Waals surface area contributed by atoms with Gasteiger partial charge in [0, 0.05) is 10.8 Å². The van der Waals surface area contributed by atoms with Gasteiger partial charge in [0.25, 0.3) is 0 Å². The zero-order valence-electron chi connectivity index (χ0n) is 9.00. The van der Waals surface area contributed by atoms with Crippen LogP contribution < -0.4 is 0 Å². The van der Waals surface area contributed by atoms with E-state index in [9.17, 15) is 5.11 Å². The molecule has 1 N–H and O–H groups in total. The monoisotopic (exact) mass is 246 g/mol. The number of para-hydroxylation sites is 1. The van der Waals surface area contributed by atoms with Gasteiger partial charge in [0.2, 0.25) is 0 Å². The molecule has 1 aromatic rings. The van der Waals surface area contributed by atoms with E-state index in [1.807, 2.05) is 32.0 Å². The highest BCUT2D eigenvalue weighted by atomic mass is 35.5. The molecule has 0 aromatic heterocycles. The maximum absolute atomic E-state index is 9.97. The van der Waals surface area contributed by atoms with Crippen molar-refractivity contribution in [3.8, 4) is 5.75 Å². The Morgan fingerprint density at radius 1 is 1.07 bits per heavy atom. The number of alkyl halides is 2. The van der Waals surface area contributed by atoms with Crippen LogP contribution in [0.3, 0.4) is 0 Å². The van der Waals surface area contributed by atoms with Crippen LogP contribution in [-0.4, -0.2) is 15.9 Å². The predicted molar refractivity (Wildman–Crippen MR) is 66.1 cm³/mol. The summed E-state index contributed by atoms with van der Waals surface area (Å²) in [5, 5.41) is 10.0. The van der Waals surface area contributed by atoms with Gasteiger partial charge in [-0.1, -0.05) is 18.2 Å².